The SMILES string of the molecule is CC#CCn1c(N2CCC[C@@H](N)C2)cc(=O)n(Cc2nc(C)c(CC)c(CC)n2)c1=O. The first-order valence-electron chi connectivity index (χ1n) is 11.0. The molecule has 1 aliphatic rings. The van der Waals surface area contributed by atoms with Gasteiger partial charge in [-0.25, -0.2) is 14.8 Å². The molecule has 0 saturated carbocycles. The van der Waals surface area contributed by atoms with Crippen LogP contribution in [0.15, 0.2) is 15.7 Å². The predicted octanol–water partition coefficient (Wildman–Crippen LogP) is 1.23. The van der Waals surface area contributed by atoms with E-state index in [1.165, 1.54) is 10.6 Å². The van der Waals surface area contributed by atoms with Gasteiger partial charge in [-0.3, -0.25) is 13.9 Å². The molecule has 1 saturated heterocycles. The summed E-state index contributed by atoms with van der Waals surface area (Å²) in [5.74, 6) is 6.85. The molecule has 0 aliphatic carbocycles. The fraction of sp³-hybridized carbons (Fsp3) is 0.565. The third-order valence-corrected chi connectivity index (χ3v) is 5.79. The van der Waals surface area contributed by atoms with E-state index in [0.29, 0.717) is 18.2 Å². The Bertz CT molecular complexity index is 1120. The molecule has 1 aliphatic heterocycles. The monoisotopic (exact) mass is 424 g/mol. The molecule has 2 N–H and O–H groups in total. The highest BCUT2D eigenvalue weighted by atomic mass is 16.2. The van der Waals surface area contributed by atoms with Crippen molar-refractivity contribution < 1.29 is 0 Å². The molecule has 0 radical (unpaired) electrons. The van der Waals surface area contributed by atoms with E-state index in [1.807, 2.05) is 18.7 Å². The number of hydrogen-bond acceptors (Lipinski definition) is 6. The zero-order chi connectivity index (χ0) is 22.5. The van der Waals surface area contributed by atoms with Crippen LogP contribution in [0.25, 0.3) is 0 Å². The first-order chi connectivity index (χ1) is 14.9. The molecule has 0 amide bonds. The second kappa shape index (κ2) is 9.92. The van der Waals surface area contributed by atoms with Gasteiger partial charge in [-0.1, -0.05) is 19.8 Å². The zero-order valence-electron chi connectivity index (χ0n) is 18.9. The summed E-state index contributed by atoms with van der Waals surface area (Å²) < 4.78 is 2.76. The van der Waals surface area contributed by atoms with Crippen molar-refractivity contribution in [3.63, 3.8) is 0 Å². The van der Waals surface area contributed by atoms with E-state index >= 15 is 0 Å². The van der Waals surface area contributed by atoms with E-state index in [2.05, 4.69) is 28.7 Å². The summed E-state index contributed by atoms with van der Waals surface area (Å²) >= 11 is 0. The number of nitrogens with two attached hydrogens (primary N) is 1. The van der Waals surface area contributed by atoms with Gasteiger partial charge in [0.1, 0.15) is 11.6 Å². The second-order valence-electron chi connectivity index (χ2n) is 7.93. The summed E-state index contributed by atoms with van der Waals surface area (Å²) in [7, 11) is 0. The summed E-state index contributed by atoms with van der Waals surface area (Å²) in [5.41, 5.74) is 8.36. The summed E-state index contributed by atoms with van der Waals surface area (Å²) in [4.78, 5) is 37.6. The Morgan fingerprint density at radius 3 is 2.61 bits per heavy atom. The third-order valence-electron chi connectivity index (χ3n) is 5.79. The summed E-state index contributed by atoms with van der Waals surface area (Å²) in [6.45, 7) is 9.43. The Morgan fingerprint density at radius 2 is 1.97 bits per heavy atom. The molecular weight excluding hydrogens is 392 g/mol. The fourth-order valence-electron chi connectivity index (χ4n) is 4.22. The molecule has 2 aromatic rings. The molecule has 2 aromatic heterocycles. The van der Waals surface area contributed by atoms with Crippen LogP contribution in [0.2, 0.25) is 0 Å². The topological polar surface area (TPSA) is 99.0 Å². The Hall–Kier alpha value is -2.92. The van der Waals surface area contributed by atoms with Crippen LogP contribution in [-0.2, 0) is 25.9 Å². The minimum absolute atomic E-state index is 0.0258. The maximum Gasteiger partial charge on any atom is 0.333 e. The van der Waals surface area contributed by atoms with E-state index in [4.69, 9.17) is 5.73 Å². The number of hydrogen-bond donors (Lipinski definition) is 1. The average molecular weight is 425 g/mol. The van der Waals surface area contributed by atoms with Gasteiger partial charge in [-0.15, -0.1) is 5.92 Å². The molecule has 31 heavy (non-hydrogen) atoms. The summed E-state index contributed by atoms with van der Waals surface area (Å²) in [6, 6.07) is 1.54. The van der Waals surface area contributed by atoms with Gasteiger partial charge in [0, 0.05) is 36.6 Å². The van der Waals surface area contributed by atoms with Crippen molar-refractivity contribution in [2.45, 2.75) is 72.5 Å². The lowest BCUT2D eigenvalue weighted by Crippen LogP contribution is -2.48. The quantitative estimate of drug-likeness (QED) is 0.701. The third kappa shape index (κ3) is 4.88. The molecular formula is C23H32N6O2. The molecule has 0 unspecified atom stereocenters. The maximum absolute atomic E-state index is 13.4. The normalized spacial score (nSPS) is 16.2. The van der Waals surface area contributed by atoms with Gasteiger partial charge in [0.2, 0.25) is 0 Å². The predicted molar refractivity (Wildman–Crippen MR) is 122 cm³/mol. The molecule has 1 fully saturated rings. The summed E-state index contributed by atoms with van der Waals surface area (Å²) in [6.07, 6.45) is 3.49. The lowest BCUT2D eigenvalue weighted by atomic mass is 10.1. The van der Waals surface area contributed by atoms with Crippen LogP contribution in [0.1, 0.15) is 56.4 Å². The van der Waals surface area contributed by atoms with Gasteiger partial charge in [0.05, 0.1) is 13.1 Å². The van der Waals surface area contributed by atoms with Gasteiger partial charge in [0.15, 0.2) is 0 Å². The van der Waals surface area contributed by atoms with Crippen molar-refractivity contribution in [2.24, 2.45) is 5.73 Å². The largest absolute Gasteiger partial charge is 0.356 e. The standard InChI is InChI=1S/C23H32N6O2/c1-5-8-12-28-21(27-11-9-10-17(24)14-27)13-22(30)29(23(28)31)15-20-25-16(4)18(6-2)19(7-3)26-20/h13,17H,6-7,9-12,14-15,24H2,1-4H3/t17-/m1/s1. The van der Waals surface area contributed by atoms with Crippen molar-refractivity contribution in [2.75, 3.05) is 18.0 Å². The Labute approximate surface area is 183 Å². The van der Waals surface area contributed by atoms with Crippen LogP contribution in [0.4, 0.5) is 5.82 Å². The van der Waals surface area contributed by atoms with Crippen LogP contribution >= 0.6 is 0 Å². The number of anilines is 1. The van der Waals surface area contributed by atoms with Crippen LogP contribution < -0.4 is 21.9 Å². The van der Waals surface area contributed by atoms with E-state index in [1.54, 1.807) is 11.5 Å². The highest BCUT2D eigenvalue weighted by Crippen LogP contribution is 2.17. The molecule has 0 bridgehead atoms. The van der Waals surface area contributed by atoms with Crippen molar-refractivity contribution in [1.29, 1.82) is 0 Å². The van der Waals surface area contributed by atoms with Crippen LogP contribution in [-0.4, -0.2) is 38.2 Å². The molecule has 0 spiro atoms. The first kappa shape index (κ1) is 22.8. The Morgan fingerprint density at radius 1 is 1.19 bits per heavy atom. The smallest absolute Gasteiger partial charge is 0.333 e. The van der Waals surface area contributed by atoms with Crippen molar-refractivity contribution in [1.82, 2.24) is 19.1 Å². The second-order valence-corrected chi connectivity index (χ2v) is 7.93. The van der Waals surface area contributed by atoms with E-state index in [-0.39, 0.29) is 24.7 Å². The Kier molecular flexibility index (Phi) is 7.29. The molecule has 8 nitrogen and oxygen atoms in total. The zero-order valence-corrected chi connectivity index (χ0v) is 18.9. The molecule has 3 rings (SSSR count). The van der Waals surface area contributed by atoms with Gasteiger partial charge in [-0.2, -0.15) is 0 Å². The number of piperidine rings is 1. The lowest BCUT2D eigenvalue weighted by molar-refractivity contribution is 0.490. The summed E-state index contributed by atoms with van der Waals surface area (Å²) in [5, 5.41) is 0. The van der Waals surface area contributed by atoms with Gasteiger partial charge in [-0.05, 0) is 45.1 Å². The Balaban J connectivity index is 2.07. The minimum atomic E-state index is -0.400. The van der Waals surface area contributed by atoms with Crippen LogP contribution in [0.3, 0.4) is 0 Å². The minimum Gasteiger partial charge on any atom is -0.356 e. The van der Waals surface area contributed by atoms with E-state index in [9.17, 15) is 9.59 Å². The van der Waals surface area contributed by atoms with Crippen molar-refractivity contribution in [3.8, 4) is 11.8 Å². The van der Waals surface area contributed by atoms with Crippen LogP contribution in [0.5, 0.6) is 0 Å². The van der Waals surface area contributed by atoms with Gasteiger partial charge < -0.3 is 10.6 Å². The highest BCUT2D eigenvalue weighted by Gasteiger charge is 2.22. The molecule has 0 aromatic carbocycles. The molecule has 3 heterocycles. The number of nitrogens with zero attached hydrogens (tertiary/aromatic N) is 5. The van der Waals surface area contributed by atoms with Gasteiger partial charge in [0.25, 0.3) is 5.56 Å². The van der Waals surface area contributed by atoms with E-state index in [0.717, 1.165) is 49.2 Å². The van der Waals surface area contributed by atoms with Crippen LogP contribution in [0, 0.1) is 18.8 Å². The lowest BCUT2D eigenvalue weighted by Gasteiger charge is -2.33. The molecule has 8 heteroatoms. The average Bonchev–Trinajstić information content (AvgIpc) is 2.75. The molecule has 1 atom stereocenters. The van der Waals surface area contributed by atoms with Gasteiger partial charge >= 0.3 is 5.69 Å². The first-order valence-corrected chi connectivity index (χ1v) is 11.0. The number of aryl methyl sites for hydroxylation is 2. The maximum atomic E-state index is 13.4. The number of rotatable bonds is 6. The highest BCUT2D eigenvalue weighted by molar-refractivity contribution is 5.40. The molecule has 166 valence electrons. The fourth-order valence-corrected chi connectivity index (χ4v) is 4.22. The van der Waals surface area contributed by atoms with Crippen molar-refractivity contribution >= 4 is 5.82 Å². The van der Waals surface area contributed by atoms with E-state index < -0.39 is 5.69 Å². The number of aromatic nitrogens is 4. The van der Waals surface area contributed by atoms with Crippen molar-refractivity contribution in [3.05, 3.63) is 49.7 Å².